The van der Waals surface area contributed by atoms with Gasteiger partial charge in [-0.2, -0.15) is 0 Å². The molecule has 0 aromatic rings. The lowest BCUT2D eigenvalue weighted by atomic mass is 10.0. The second-order valence-electron chi connectivity index (χ2n) is 11.8. The summed E-state index contributed by atoms with van der Waals surface area (Å²) in [7, 11) is 0. The van der Waals surface area contributed by atoms with E-state index in [2.05, 4.69) is 21.3 Å². The van der Waals surface area contributed by atoms with E-state index in [1.165, 1.54) is 0 Å². The normalized spacial score (nSPS) is 14.5. The van der Waals surface area contributed by atoms with Gasteiger partial charge in [0.25, 0.3) is 0 Å². The lowest BCUT2D eigenvalue weighted by Gasteiger charge is -2.27. The molecule has 284 valence electrons. The van der Waals surface area contributed by atoms with Gasteiger partial charge in [0.2, 0.25) is 35.4 Å². The maximum Gasteiger partial charge on any atom is 0.326 e. The van der Waals surface area contributed by atoms with Crippen LogP contribution >= 0.6 is 0 Å². The number of carboxylic acids is 3. The van der Waals surface area contributed by atoms with Gasteiger partial charge in [0.05, 0.1) is 25.3 Å². The summed E-state index contributed by atoms with van der Waals surface area (Å²) in [6.07, 6.45) is -1.45. The van der Waals surface area contributed by atoms with Crippen LogP contribution in [0.15, 0.2) is 0 Å². The molecule has 0 heterocycles. The summed E-state index contributed by atoms with van der Waals surface area (Å²) in [5, 5.41) is 39.2. The first kappa shape index (κ1) is 45.1. The number of nitrogens with two attached hydrogens (primary N) is 4. The van der Waals surface area contributed by atoms with Crippen LogP contribution in [0.5, 0.6) is 0 Å². The average molecular weight is 718 g/mol. The number of hydrogen-bond acceptors (Lipinski definition) is 12. The molecule has 50 heavy (non-hydrogen) atoms. The highest BCUT2D eigenvalue weighted by atomic mass is 16.4. The quantitative estimate of drug-likeness (QED) is 0.0376. The van der Waals surface area contributed by atoms with Crippen LogP contribution in [0.2, 0.25) is 0 Å². The van der Waals surface area contributed by atoms with E-state index in [1.54, 1.807) is 13.8 Å². The number of primary amides is 1. The van der Waals surface area contributed by atoms with E-state index in [4.69, 9.17) is 22.9 Å². The van der Waals surface area contributed by atoms with Crippen molar-refractivity contribution in [3.8, 4) is 0 Å². The van der Waals surface area contributed by atoms with E-state index in [9.17, 15) is 58.5 Å². The van der Waals surface area contributed by atoms with E-state index in [1.807, 2.05) is 5.32 Å². The van der Waals surface area contributed by atoms with Crippen LogP contribution in [0.25, 0.3) is 0 Å². The molecular weight excluding hydrogens is 666 g/mol. The number of amides is 6. The Morgan fingerprint density at radius 1 is 0.520 bits per heavy atom. The summed E-state index contributed by atoms with van der Waals surface area (Å²) < 4.78 is 0. The molecule has 21 nitrogen and oxygen atoms in total. The lowest BCUT2D eigenvalue weighted by Crippen LogP contribution is -2.59. The summed E-state index contributed by atoms with van der Waals surface area (Å²) in [5.41, 5.74) is 22.0. The molecule has 0 fully saturated rings. The smallest absolute Gasteiger partial charge is 0.326 e. The van der Waals surface area contributed by atoms with Crippen LogP contribution < -0.4 is 49.5 Å². The Bertz CT molecular complexity index is 1220. The molecular formula is C29H51N9O12. The molecule has 6 amide bonds. The standard InChI is InChI=1S/C29H51N9O12/c1-14(2)23(33)28(48)37-18(13-22(42)43)26(46)35-15(7-3-5-9-30)24(44)34-16(8-4-6-10-31)25(45)36-17(12-21(40)41)27(47)38-19(29(49)50)11-20(32)39/h14-19,23H,3-13,30-31,33H2,1-2H3,(H2,32,39)(H,34,44)(H,35,46)(H,36,45)(H,37,48)(H,38,47)(H,40,41)(H,42,43)(H,49,50)/t15-,16-,17-,18-,19-,23-/m0/s1. The number of carbonyl (C=O) groups is 9. The predicted molar refractivity (Wildman–Crippen MR) is 174 cm³/mol. The molecule has 0 unspecified atom stereocenters. The van der Waals surface area contributed by atoms with Gasteiger partial charge in [-0.25, -0.2) is 4.79 Å². The molecule has 0 aliphatic heterocycles. The van der Waals surface area contributed by atoms with Crippen LogP contribution in [0.3, 0.4) is 0 Å². The Morgan fingerprint density at radius 2 is 0.860 bits per heavy atom. The topological polar surface area (TPSA) is 379 Å². The Morgan fingerprint density at radius 3 is 1.18 bits per heavy atom. The number of rotatable bonds is 26. The van der Waals surface area contributed by atoms with E-state index in [0.717, 1.165) is 0 Å². The minimum atomic E-state index is -1.86. The van der Waals surface area contributed by atoms with Crippen molar-refractivity contribution >= 4 is 53.4 Å². The monoisotopic (exact) mass is 717 g/mol. The molecule has 0 saturated heterocycles. The number of carboxylic acid groups (broad SMARTS) is 3. The van der Waals surface area contributed by atoms with Crippen LogP contribution in [0, 0.1) is 5.92 Å². The van der Waals surface area contributed by atoms with Gasteiger partial charge in [-0.05, 0) is 57.5 Å². The van der Waals surface area contributed by atoms with Gasteiger partial charge >= 0.3 is 17.9 Å². The molecule has 0 spiro atoms. The van der Waals surface area contributed by atoms with E-state index in [0.29, 0.717) is 19.3 Å². The fraction of sp³-hybridized carbons (Fsp3) is 0.690. The fourth-order valence-electron chi connectivity index (χ4n) is 4.35. The van der Waals surface area contributed by atoms with Crippen molar-refractivity contribution in [2.75, 3.05) is 13.1 Å². The summed E-state index contributed by atoms with van der Waals surface area (Å²) >= 11 is 0. The van der Waals surface area contributed by atoms with E-state index >= 15 is 0 Å². The molecule has 0 aliphatic rings. The zero-order valence-corrected chi connectivity index (χ0v) is 28.1. The second kappa shape index (κ2) is 23.5. The minimum Gasteiger partial charge on any atom is -0.481 e. The minimum absolute atomic E-state index is 0.0361. The van der Waals surface area contributed by atoms with Gasteiger partial charge in [0.1, 0.15) is 30.2 Å². The zero-order valence-electron chi connectivity index (χ0n) is 28.1. The van der Waals surface area contributed by atoms with Crippen LogP contribution in [0.4, 0.5) is 0 Å². The molecule has 21 heteroatoms. The predicted octanol–water partition coefficient (Wildman–Crippen LogP) is -4.44. The van der Waals surface area contributed by atoms with Crippen LogP contribution in [-0.4, -0.2) is 118 Å². The van der Waals surface area contributed by atoms with Gasteiger partial charge in [-0.3, -0.25) is 38.4 Å². The van der Waals surface area contributed by atoms with Crippen molar-refractivity contribution in [3.05, 3.63) is 0 Å². The van der Waals surface area contributed by atoms with Gasteiger partial charge in [-0.15, -0.1) is 0 Å². The lowest BCUT2D eigenvalue weighted by molar-refractivity contribution is -0.145. The molecule has 0 bridgehead atoms. The summed E-state index contributed by atoms with van der Waals surface area (Å²) in [4.78, 5) is 111. The molecule has 0 radical (unpaired) electrons. The summed E-state index contributed by atoms with van der Waals surface area (Å²) in [6, 6.07) is -9.21. The number of hydrogen-bond donors (Lipinski definition) is 12. The van der Waals surface area contributed by atoms with Gasteiger partial charge in [-0.1, -0.05) is 13.8 Å². The molecule has 16 N–H and O–H groups in total. The largest absolute Gasteiger partial charge is 0.481 e. The Hall–Kier alpha value is -4.89. The Kier molecular flexibility index (Phi) is 21.2. The maximum atomic E-state index is 13.5. The van der Waals surface area contributed by atoms with Crippen molar-refractivity contribution in [3.63, 3.8) is 0 Å². The van der Waals surface area contributed by atoms with Crippen molar-refractivity contribution < 1.29 is 58.5 Å². The Labute approximate surface area is 288 Å². The van der Waals surface area contributed by atoms with E-state index in [-0.39, 0.29) is 38.3 Å². The molecule has 0 aromatic heterocycles. The maximum absolute atomic E-state index is 13.5. The third-order valence-corrected chi connectivity index (χ3v) is 7.22. The zero-order chi connectivity index (χ0) is 38.6. The third kappa shape index (κ3) is 18.0. The highest BCUT2D eigenvalue weighted by molar-refractivity contribution is 5.98. The summed E-state index contributed by atoms with van der Waals surface area (Å²) in [5.74, 6) is -11.2. The highest BCUT2D eigenvalue weighted by Crippen LogP contribution is 2.08. The first-order chi connectivity index (χ1) is 23.3. The Balaban J connectivity index is 6.26. The summed E-state index contributed by atoms with van der Waals surface area (Å²) in [6.45, 7) is 3.72. The third-order valence-electron chi connectivity index (χ3n) is 7.22. The van der Waals surface area contributed by atoms with Crippen LogP contribution in [0.1, 0.15) is 71.6 Å². The highest BCUT2D eigenvalue weighted by Gasteiger charge is 2.34. The molecule has 0 rings (SSSR count). The molecule has 0 aliphatic carbocycles. The first-order valence-electron chi connectivity index (χ1n) is 16.0. The van der Waals surface area contributed by atoms with E-state index < -0.39 is 109 Å². The van der Waals surface area contributed by atoms with Crippen molar-refractivity contribution in [2.45, 2.75) is 108 Å². The average Bonchev–Trinajstić information content (AvgIpc) is 3.01. The van der Waals surface area contributed by atoms with Gasteiger partial charge in [0.15, 0.2) is 0 Å². The van der Waals surface area contributed by atoms with Crippen molar-refractivity contribution in [2.24, 2.45) is 28.9 Å². The van der Waals surface area contributed by atoms with Gasteiger partial charge in [0, 0.05) is 0 Å². The molecule has 0 aromatic carbocycles. The fourth-order valence-corrected chi connectivity index (χ4v) is 4.35. The number of carbonyl (C=O) groups excluding carboxylic acids is 6. The van der Waals surface area contributed by atoms with Crippen LogP contribution in [-0.2, 0) is 43.2 Å². The van der Waals surface area contributed by atoms with Gasteiger partial charge < -0.3 is 64.8 Å². The van der Waals surface area contributed by atoms with Crippen molar-refractivity contribution in [1.29, 1.82) is 0 Å². The second-order valence-corrected chi connectivity index (χ2v) is 11.8. The number of nitrogens with one attached hydrogen (secondary N) is 5. The molecule has 6 atom stereocenters. The number of aliphatic carboxylic acids is 3. The molecule has 0 saturated carbocycles. The first-order valence-corrected chi connectivity index (χ1v) is 16.0. The van der Waals surface area contributed by atoms with Crippen molar-refractivity contribution in [1.82, 2.24) is 26.6 Å². The number of unbranched alkanes of at least 4 members (excludes halogenated alkanes) is 2. The SMILES string of the molecule is CC(C)[C@H](N)C(=O)N[C@@H](CC(=O)O)C(=O)N[C@@H](CCCCN)C(=O)N[C@@H](CCCCN)C(=O)N[C@@H](CC(=O)O)C(=O)N[C@@H](CC(N)=O)C(=O)O.